The average Bonchev–Trinajstić information content (AvgIpc) is 2.49. The van der Waals surface area contributed by atoms with Gasteiger partial charge in [0.2, 0.25) is 0 Å². The van der Waals surface area contributed by atoms with Crippen LogP contribution < -0.4 is 10.2 Å². The number of pyridine rings is 1. The Labute approximate surface area is 129 Å². The van der Waals surface area contributed by atoms with E-state index in [0.717, 1.165) is 17.8 Å². The van der Waals surface area contributed by atoms with Crippen molar-refractivity contribution in [2.45, 2.75) is 13.8 Å². The monoisotopic (exact) mass is 303 g/mol. The molecule has 110 valence electrons. The van der Waals surface area contributed by atoms with Gasteiger partial charge in [-0.3, -0.25) is 4.79 Å². The zero-order chi connectivity index (χ0) is 15.4. The van der Waals surface area contributed by atoms with E-state index in [-0.39, 0.29) is 5.91 Å². The van der Waals surface area contributed by atoms with Crippen LogP contribution in [0.15, 0.2) is 36.5 Å². The molecule has 1 aromatic heterocycles. The second-order valence-corrected chi connectivity index (χ2v) is 5.19. The molecule has 0 bridgehead atoms. The van der Waals surface area contributed by atoms with Gasteiger partial charge in [-0.05, 0) is 32.0 Å². The number of hydrogen-bond donors (Lipinski definition) is 1. The van der Waals surface area contributed by atoms with Crippen LogP contribution in [-0.4, -0.2) is 24.5 Å². The Morgan fingerprint density at radius 2 is 2.00 bits per heavy atom. The van der Waals surface area contributed by atoms with Gasteiger partial charge in [0.25, 0.3) is 5.91 Å². The van der Waals surface area contributed by atoms with Gasteiger partial charge in [0.1, 0.15) is 5.82 Å². The van der Waals surface area contributed by atoms with Crippen LogP contribution >= 0.6 is 11.6 Å². The molecule has 4 nitrogen and oxygen atoms in total. The van der Waals surface area contributed by atoms with Gasteiger partial charge in [0, 0.05) is 25.5 Å². The minimum atomic E-state index is -0.142. The maximum atomic E-state index is 12.5. The fourth-order valence-corrected chi connectivity index (χ4v) is 2.16. The van der Waals surface area contributed by atoms with Crippen molar-refractivity contribution in [3.05, 3.63) is 52.7 Å². The molecule has 0 radical (unpaired) electrons. The third-order valence-corrected chi connectivity index (χ3v) is 3.45. The summed E-state index contributed by atoms with van der Waals surface area (Å²) < 4.78 is 0. The number of anilines is 2. The van der Waals surface area contributed by atoms with Gasteiger partial charge in [0.05, 0.1) is 10.6 Å². The number of nitrogens with zero attached hydrogens (tertiary/aromatic N) is 2. The molecule has 2 rings (SSSR count). The summed E-state index contributed by atoms with van der Waals surface area (Å²) in [5.74, 6) is 0.449. The molecule has 1 N–H and O–H groups in total. The molecule has 0 saturated carbocycles. The quantitative estimate of drug-likeness (QED) is 0.935. The normalized spacial score (nSPS) is 10.3. The third kappa shape index (κ3) is 3.52. The van der Waals surface area contributed by atoms with Gasteiger partial charge in [-0.25, -0.2) is 4.98 Å². The highest BCUT2D eigenvalue weighted by molar-refractivity contribution is 6.33. The minimum absolute atomic E-state index is 0.142. The number of carbonyl (C=O) groups excluding carboxylic acids is 1. The highest BCUT2D eigenvalue weighted by Crippen LogP contribution is 2.22. The molecular weight excluding hydrogens is 286 g/mol. The first-order valence-corrected chi connectivity index (χ1v) is 7.15. The van der Waals surface area contributed by atoms with Crippen LogP contribution in [-0.2, 0) is 0 Å². The maximum absolute atomic E-state index is 12.5. The first kappa shape index (κ1) is 15.3. The Hall–Kier alpha value is -2.07. The van der Waals surface area contributed by atoms with Crippen molar-refractivity contribution >= 4 is 29.0 Å². The predicted octanol–water partition coefficient (Wildman–Crippen LogP) is 3.75. The molecule has 0 spiro atoms. The number of aromatic nitrogens is 1. The van der Waals surface area contributed by atoms with E-state index in [1.165, 1.54) is 6.20 Å². The topological polar surface area (TPSA) is 45.2 Å². The lowest BCUT2D eigenvalue weighted by Crippen LogP contribution is -2.26. The van der Waals surface area contributed by atoms with Gasteiger partial charge in [-0.1, -0.05) is 29.3 Å². The summed E-state index contributed by atoms with van der Waals surface area (Å²) in [5, 5.41) is 3.49. The van der Waals surface area contributed by atoms with Crippen molar-refractivity contribution in [2.24, 2.45) is 0 Å². The Morgan fingerprint density at radius 3 is 2.57 bits per heavy atom. The summed E-state index contributed by atoms with van der Waals surface area (Å²) in [5.41, 5.74) is 2.45. The molecule has 1 amide bonds. The van der Waals surface area contributed by atoms with Gasteiger partial charge in [-0.2, -0.15) is 0 Å². The number of carbonyl (C=O) groups is 1. The van der Waals surface area contributed by atoms with E-state index in [2.05, 4.69) is 10.3 Å². The SMILES string of the molecule is CCNc1ncc(C(=O)N(C)c2ccc(C)cc2)cc1Cl. The number of hydrogen-bond acceptors (Lipinski definition) is 3. The molecule has 0 saturated heterocycles. The summed E-state index contributed by atoms with van der Waals surface area (Å²) in [4.78, 5) is 18.2. The van der Waals surface area contributed by atoms with Crippen LogP contribution in [0.3, 0.4) is 0 Å². The molecule has 21 heavy (non-hydrogen) atoms. The first-order chi connectivity index (χ1) is 10.0. The molecule has 0 aliphatic heterocycles. The van der Waals surface area contributed by atoms with E-state index in [9.17, 15) is 4.79 Å². The Balaban J connectivity index is 2.23. The molecule has 2 aromatic rings. The summed E-state index contributed by atoms with van der Waals surface area (Å²) in [6.45, 7) is 4.69. The zero-order valence-electron chi connectivity index (χ0n) is 12.4. The number of amides is 1. The van der Waals surface area contributed by atoms with Crippen molar-refractivity contribution in [3.63, 3.8) is 0 Å². The van der Waals surface area contributed by atoms with Crippen LogP contribution in [0.25, 0.3) is 0 Å². The van der Waals surface area contributed by atoms with E-state index < -0.39 is 0 Å². The van der Waals surface area contributed by atoms with Crippen LogP contribution in [0.4, 0.5) is 11.5 Å². The Bertz CT molecular complexity index is 640. The molecule has 1 aromatic carbocycles. The average molecular weight is 304 g/mol. The van der Waals surface area contributed by atoms with Crippen LogP contribution in [0.5, 0.6) is 0 Å². The third-order valence-electron chi connectivity index (χ3n) is 3.16. The first-order valence-electron chi connectivity index (χ1n) is 6.77. The lowest BCUT2D eigenvalue weighted by Gasteiger charge is -2.18. The number of aryl methyl sites for hydroxylation is 1. The summed E-state index contributed by atoms with van der Waals surface area (Å²) in [6.07, 6.45) is 1.54. The maximum Gasteiger partial charge on any atom is 0.259 e. The fourth-order valence-electron chi connectivity index (χ4n) is 1.93. The number of rotatable bonds is 4. The minimum Gasteiger partial charge on any atom is -0.369 e. The lowest BCUT2D eigenvalue weighted by molar-refractivity contribution is 0.0992. The lowest BCUT2D eigenvalue weighted by atomic mass is 10.2. The van der Waals surface area contributed by atoms with Crippen LogP contribution in [0.1, 0.15) is 22.8 Å². The number of benzene rings is 1. The summed E-state index contributed by atoms with van der Waals surface area (Å²) in [7, 11) is 1.74. The number of nitrogens with one attached hydrogen (secondary N) is 1. The van der Waals surface area contributed by atoms with E-state index in [1.54, 1.807) is 18.0 Å². The fraction of sp³-hybridized carbons (Fsp3) is 0.250. The largest absolute Gasteiger partial charge is 0.369 e. The van der Waals surface area contributed by atoms with E-state index in [0.29, 0.717) is 16.4 Å². The Kier molecular flexibility index (Phi) is 4.81. The van der Waals surface area contributed by atoms with E-state index in [1.807, 2.05) is 38.1 Å². The summed E-state index contributed by atoms with van der Waals surface area (Å²) >= 11 is 6.13. The molecule has 0 atom stereocenters. The molecule has 5 heteroatoms. The van der Waals surface area contributed by atoms with E-state index >= 15 is 0 Å². The van der Waals surface area contributed by atoms with Crippen LogP contribution in [0.2, 0.25) is 5.02 Å². The van der Waals surface area contributed by atoms with Crippen molar-refractivity contribution in [2.75, 3.05) is 23.8 Å². The van der Waals surface area contributed by atoms with Crippen molar-refractivity contribution < 1.29 is 4.79 Å². The predicted molar refractivity (Wildman–Crippen MR) is 87.3 cm³/mol. The van der Waals surface area contributed by atoms with Gasteiger partial charge in [-0.15, -0.1) is 0 Å². The van der Waals surface area contributed by atoms with Gasteiger partial charge in [0.15, 0.2) is 0 Å². The second kappa shape index (κ2) is 6.59. The standard InChI is InChI=1S/C16H18ClN3O/c1-4-18-15-14(17)9-12(10-19-15)16(21)20(3)13-7-5-11(2)6-8-13/h5-10H,4H2,1-3H3,(H,18,19). The van der Waals surface area contributed by atoms with Crippen LogP contribution in [0, 0.1) is 6.92 Å². The number of halogens is 1. The molecule has 1 heterocycles. The van der Waals surface area contributed by atoms with Crippen molar-refractivity contribution in [1.29, 1.82) is 0 Å². The van der Waals surface area contributed by atoms with Crippen molar-refractivity contribution in [3.8, 4) is 0 Å². The van der Waals surface area contributed by atoms with Gasteiger partial charge < -0.3 is 10.2 Å². The smallest absolute Gasteiger partial charge is 0.259 e. The highest BCUT2D eigenvalue weighted by atomic mass is 35.5. The van der Waals surface area contributed by atoms with E-state index in [4.69, 9.17) is 11.6 Å². The molecule has 0 aliphatic rings. The second-order valence-electron chi connectivity index (χ2n) is 4.78. The zero-order valence-corrected chi connectivity index (χ0v) is 13.1. The van der Waals surface area contributed by atoms with Crippen molar-refractivity contribution in [1.82, 2.24) is 4.98 Å². The van der Waals surface area contributed by atoms with Gasteiger partial charge >= 0.3 is 0 Å². The molecule has 0 aliphatic carbocycles. The summed E-state index contributed by atoms with van der Waals surface area (Å²) in [6, 6.07) is 9.40. The molecular formula is C16H18ClN3O. The Morgan fingerprint density at radius 1 is 1.33 bits per heavy atom. The highest BCUT2D eigenvalue weighted by Gasteiger charge is 2.15. The molecule has 0 fully saturated rings. The molecule has 0 unspecified atom stereocenters.